The number of halogens is 1. The lowest BCUT2D eigenvalue weighted by atomic mass is 9.90. The second-order valence-electron chi connectivity index (χ2n) is 4.98. The van der Waals surface area contributed by atoms with E-state index in [0.717, 1.165) is 0 Å². The van der Waals surface area contributed by atoms with Gasteiger partial charge in [0.15, 0.2) is 0 Å². The van der Waals surface area contributed by atoms with Crippen LogP contribution >= 0.6 is 0 Å². The standard InChI is InChI=1S/C13H15FN2O3/c1-13(11(17)18)5-6-16(8-13)12(19)15-10-4-2-3-9(14)7-10/h2-4,7H,5-6,8H2,1H3,(H,15,19)(H,17,18). The Balaban J connectivity index is 2.01. The lowest BCUT2D eigenvalue weighted by Gasteiger charge is -2.20. The molecule has 2 rings (SSSR count). The number of rotatable bonds is 2. The van der Waals surface area contributed by atoms with Crippen molar-refractivity contribution in [2.24, 2.45) is 5.41 Å². The molecule has 1 unspecified atom stereocenters. The normalized spacial score (nSPS) is 22.3. The van der Waals surface area contributed by atoms with E-state index in [4.69, 9.17) is 5.11 Å². The Labute approximate surface area is 110 Å². The van der Waals surface area contributed by atoms with E-state index in [9.17, 15) is 14.0 Å². The molecule has 1 aliphatic rings. The van der Waals surface area contributed by atoms with Crippen LogP contribution < -0.4 is 5.32 Å². The van der Waals surface area contributed by atoms with Crippen molar-refractivity contribution in [3.8, 4) is 0 Å². The number of carboxylic acid groups (broad SMARTS) is 1. The summed E-state index contributed by atoms with van der Waals surface area (Å²) < 4.78 is 13.0. The molecule has 0 aromatic heterocycles. The zero-order valence-electron chi connectivity index (χ0n) is 10.5. The highest BCUT2D eigenvalue weighted by molar-refractivity contribution is 5.90. The summed E-state index contributed by atoms with van der Waals surface area (Å²) in [4.78, 5) is 24.5. The van der Waals surface area contributed by atoms with Crippen molar-refractivity contribution in [1.82, 2.24) is 4.90 Å². The number of amides is 2. The van der Waals surface area contributed by atoms with Crippen molar-refractivity contribution >= 4 is 17.7 Å². The van der Waals surface area contributed by atoms with E-state index in [2.05, 4.69) is 5.32 Å². The number of hydrogen-bond acceptors (Lipinski definition) is 2. The third-order valence-electron chi connectivity index (χ3n) is 3.35. The summed E-state index contributed by atoms with van der Waals surface area (Å²) in [5.41, 5.74) is -0.548. The molecule has 1 aromatic carbocycles. The molecule has 0 spiro atoms. The van der Waals surface area contributed by atoms with Gasteiger partial charge in [-0.3, -0.25) is 4.79 Å². The van der Waals surface area contributed by atoms with E-state index < -0.39 is 23.2 Å². The van der Waals surface area contributed by atoms with E-state index in [1.54, 1.807) is 13.0 Å². The molecule has 1 heterocycles. The number of nitrogens with one attached hydrogen (secondary N) is 1. The number of anilines is 1. The highest BCUT2D eigenvalue weighted by Gasteiger charge is 2.42. The Morgan fingerprint density at radius 1 is 1.47 bits per heavy atom. The van der Waals surface area contributed by atoms with Crippen LogP contribution in [0.3, 0.4) is 0 Å². The predicted octanol–water partition coefficient (Wildman–Crippen LogP) is 2.15. The van der Waals surface area contributed by atoms with Gasteiger partial charge >= 0.3 is 12.0 Å². The molecule has 102 valence electrons. The summed E-state index contributed by atoms with van der Waals surface area (Å²) in [7, 11) is 0. The van der Waals surface area contributed by atoms with E-state index in [0.29, 0.717) is 18.7 Å². The van der Waals surface area contributed by atoms with Crippen LogP contribution in [0.4, 0.5) is 14.9 Å². The second kappa shape index (κ2) is 4.87. The second-order valence-corrected chi connectivity index (χ2v) is 4.98. The van der Waals surface area contributed by atoms with Gasteiger partial charge in [0.2, 0.25) is 0 Å². The van der Waals surface area contributed by atoms with Crippen LogP contribution in [-0.2, 0) is 4.79 Å². The fourth-order valence-corrected chi connectivity index (χ4v) is 2.08. The van der Waals surface area contributed by atoms with Gasteiger partial charge in [-0.05, 0) is 31.5 Å². The van der Waals surface area contributed by atoms with Crippen LogP contribution in [0.15, 0.2) is 24.3 Å². The van der Waals surface area contributed by atoms with Gasteiger partial charge in [-0.25, -0.2) is 9.18 Å². The molecular formula is C13H15FN2O3. The first-order chi connectivity index (χ1) is 8.90. The van der Waals surface area contributed by atoms with Gasteiger partial charge in [-0.15, -0.1) is 0 Å². The maximum absolute atomic E-state index is 13.0. The third-order valence-corrected chi connectivity index (χ3v) is 3.35. The monoisotopic (exact) mass is 266 g/mol. The van der Waals surface area contributed by atoms with Gasteiger partial charge in [-0.2, -0.15) is 0 Å². The number of carbonyl (C=O) groups is 2. The van der Waals surface area contributed by atoms with Crippen LogP contribution in [0, 0.1) is 11.2 Å². The molecule has 19 heavy (non-hydrogen) atoms. The topological polar surface area (TPSA) is 69.6 Å². The largest absolute Gasteiger partial charge is 0.481 e. The number of urea groups is 1. The minimum Gasteiger partial charge on any atom is -0.481 e. The minimum absolute atomic E-state index is 0.156. The molecule has 1 aliphatic heterocycles. The first-order valence-electron chi connectivity index (χ1n) is 5.96. The van der Waals surface area contributed by atoms with E-state index in [1.165, 1.54) is 23.1 Å². The lowest BCUT2D eigenvalue weighted by Crippen LogP contribution is -2.37. The summed E-state index contributed by atoms with van der Waals surface area (Å²) in [6.45, 7) is 2.15. The van der Waals surface area contributed by atoms with Crippen LogP contribution in [0.5, 0.6) is 0 Å². The Morgan fingerprint density at radius 2 is 2.21 bits per heavy atom. The van der Waals surface area contributed by atoms with Crippen molar-refractivity contribution in [1.29, 1.82) is 0 Å². The van der Waals surface area contributed by atoms with Gasteiger partial charge in [0.1, 0.15) is 5.82 Å². The first-order valence-corrected chi connectivity index (χ1v) is 5.96. The van der Waals surface area contributed by atoms with Crippen molar-refractivity contribution in [2.45, 2.75) is 13.3 Å². The first kappa shape index (κ1) is 13.3. The Morgan fingerprint density at radius 3 is 2.79 bits per heavy atom. The van der Waals surface area contributed by atoms with Gasteiger partial charge in [0, 0.05) is 18.8 Å². The van der Waals surface area contributed by atoms with Crippen LogP contribution in [0.25, 0.3) is 0 Å². The summed E-state index contributed by atoms with van der Waals surface area (Å²) >= 11 is 0. The summed E-state index contributed by atoms with van der Waals surface area (Å²) in [5, 5.41) is 11.6. The predicted molar refractivity (Wildman–Crippen MR) is 67.4 cm³/mol. The molecule has 2 amide bonds. The van der Waals surface area contributed by atoms with E-state index in [1.807, 2.05) is 0 Å². The third kappa shape index (κ3) is 2.83. The van der Waals surface area contributed by atoms with Crippen LogP contribution in [0.2, 0.25) is 0 Å². The molecule has 1 aromatic rings. The van der Waals surface area contributed by atoms with Gasteiger partial charge in [0.25, 0.3) is 0 Å². The quantitative estimate of drug-likeness (QED) is 0.861. The maximum atomic E-state index is 13.0. The summed E-state index contributed by atoms with van der Waals surface area (Å²) in [6.07, 6.45) is 0.416. The molecular weight excluding hydrogens is 251 g/mol. The molecule has 0 bridgehead atoms. The zero-order chi connectivity index (χ0) is 14.0. The van der Waals surface area contributed by atoms with Crippen LogP contribution in [-0.4, -0.2) is 35.1 Å². The molecule has 1 saturated heterocycles. The maximum Gasteiger partial charge on any atom is 0.321 e. The molecule has 0 saturated carbocycles. The highest BCUT2D eigenvalue weighted by atomic mass is 19.1. The van der Waals surface area contributed by atoms with Gasteiger partial charge in [-0.1, -0.05) is 6.07 Å². The minimum atomic E-state index is -0.909. The Kier molecular flexibility index (Phi) is 3.42. The molecule has 0 radical (unpaired) electrons. The summed E-state index contributed by atoms with van der Waals surface area (Å²) in [5.74, 6) is -1.34. The molecule has 2 N–H and O–H groups in total. The fraction of sp³-hybridized carbons (Fsp3) is 0.385. The molecule has 1 atom stereocenters. The van der Waals surface area contributed by atoms with Gasteiger partial charge in [0.05, 0.1) is 5.41 Å². The van der Waals surface area contributed by atoms with Crippen LogP contribution in [0.1, 0.15) is 13.3 Å². The number of likely N-dealkylation sites (tertiary alicyclic amines) is 1. The van der Waals surface area contributed by atoms with Crippen molar-refractivity contribution in [3.05, 3.63) is 30.1 Å². The molecule has 5 nitrogen and oxygen atoms in total. The number of aliphatic carboxylic acids is 1. The Bertz CT molecular complexity index is 520. The molecule has 0 aliphatic carbocycles. The number of nitrogens with zero attached hydrogens (tertiary/aromatic N) is 1. The molecule has 6 heteroatoms. The fourth-order valence-electron chi connectivity index (χ4n) is 2.08. The Hall–Kier alpha value is -2.11. The van der Waals surface area contributed by atoms with Crippen molar-refractivity contribution in [3.63, 3.8) is 0 Å². The number of carboxylic acids is 1. The van der Waals surface area contributed by atoms with Crippen molar-refractivity contribution in [2.75, 3.05) is 18.4 Å². The number of hydrogen-bond donors (Lipinski definition) is 2. The van der Waals surface area contributed by atoms with E-state index >= 15 is 0 Å². The average Bonchev–Trinajstić information content (AvgIpc) is 2.73. The van der Waals surface area contributed by atoms with Crippen molar-refractivity contribution < 1.29 is 19.1 Å². The SMILES string of the molecule is CC1(C(=O)O)CCN(C(=O)Nc2cccc(F)c2)C1. The zero-order valence-corrected chi connectivity index (χ0v) is 10.5. The average molecular weight is 266 g/mol. The lowest BCUT2D eigenvalue weighted by molar-refractivity contribution is -0.146. The van der Waals surface area contributed by atoms with E-state index in [-0.39, 0.29) is 6.54 Å². The number of carbonyl (C=O) groups excluding carboxylic acids is 1. The smallest absolute Gasteiger partial charge is 0.321 e. The number of benzene rings is 1. The summed E-state index contributed by atoms with van der Waals surface area (Å²) in [6, 6.07) is 5.16. The van der Waals surface area contributed by atoms with Gasteiger partial charge < -0.3 is 15.3 Å². The highest BCUT2D eigenvalue weighted by Crippen LogP contribution is 2.30. The molecule has 1 fully saturated rings.